The zero-order valence-electron chi connectivity index (χ0n) is 11.6. The van der Waals surface area contributed by atoms with Crippen molar-refractivity contribution < 1.29 is 19.4 Å². The van der Waals surface area contributed by atoms with Crippen LogP contribution in [0.4, 0.5) is 0 Å². The molecule has 0 aromatic carbocycles. The van der Waals surface area contributed by atoms with Gasteiger partial charge in [0.15, 0.2) is 0 Å². The molecule has 0 radical (unpaired) electrons. The van der Waals surface area contributed by atoms with E-state index in [4.69, 9.17) is 9.84 Å². The first-order valence-electron chi connectivity index (χ1n) is 6.79. The highest BCUT2D eigenvalue weighted by Crippen LogP contribution is 2.19. The molecule has 110 valence electrons. The SMILES string of the molecule is COCCn1cccc1C(=O)N1CCC(C(=O)O)CC1. The fourth-order valence-electron chi connectivity index (χ4n) is 2.48. The van der Waals surface area contributed by atoms with Gasteiger partial charge in [0.05, 0.1) is 12.5 Å². The number of hydrogen-bond donors (Lipinski definition) is 1. The maximum atomic E-state index is 12.4. The predicted molar refractivity (Wildman–Crippen MR) is 72.6 cm³/mol. The molecule has 2 heterocycles. The average Bonchev–Trinajstić information content (AvgIpc) is 2.92. The molecule has 6 nitrogen and oxygen atoms in total. The Morgan fingerprint density at radius 2 is 2.10 bits per heavy atom. The molecule has 1 fully saturated rings. The summed E-state index contributed by atoms with van der Waals surface area (Å²) in [7, 11) is 1.63. The van der Waals surface area contributed by atoms with Crippen molar-refractivity contribution >= 4 is 11.9 Å². The second kappa shape index (κ2) is 6.56. The number of carboxylic acid groups (broad SMARTS) is 1. The maximum Gasteiger partial charge on any atom is 0.306 e. The number of nitrogens with zero attached hydrogens (tertiary/aromatic N) is 2. The Labute approximate surface area is 117 Å². The van der Waals surface area contributed by atoms with E-state index in [1.807, 2.05) is 16.8 Å². The number of amides is 1. The van der Waals surface area contributed by atoms with Gasteiger partial charge in [0.25, 0.3) is 5.91 Å². The van der Waals surface area contributed by atoms with Crippen molar-refractivity contribution in [3.63, 3.8) is 0 Å². The van der Waals surface area contributed by atoms with E-state index in [-0.39, 0.29) is 11.8 Å². The Kier molecular flexibility index (Phi) is 4.79. The predicted octanol–water partition coefficient (Wildman–Crippen LogP) is 1.07. The zero-order valence-corrected chi connectivity index (χ0v) is 11.6. The second-order valence-corrected chi connectivity index (χ2v) is 4.98. The molecule has 2 rings (SSSR count). The molecular weight excluding hydrogens is 260 g/mol. The molecule has 0 aliphatic carbocycles. The van der Waals surface area contributed by atoms with Crippen LogP contribution in [0.2, 0.25) is 0 Å². The fraction of sp³-hybridized carbons (Fsp3) is 0.571. The van der Waals surface area contributed by atoms with E-state index in [0.29, 0.717) is 44.8 Å². The van der Waals surface area contributed by atoms with E-state index in [9.17, 15) is 9.59 Å². The monoisotopic (exact) mass is 280 g/mol. The number of aliphatic carboxylic acids is 1. The van der Waals surface area contributed by atoms with Crippen LogP contribution in [-0.2, 0) is 16.1 Å². The molecule has 1 aromatic heterocycles. The summed E-state index contributed by atoms with van der Waals surface area (Å²) in [6.07, 6.45) is 2.91. The summed E-state index contributed by atoms with van der Waals surface area (Å²) < 4.78 is 6.89. The number of ether oxygens (including phenoxy) is 1. The quantitative estimate of drug-likeness (QED) is 0.875. The Morgan fingerprint density at radius 1 is 1.40 bits per heavy atom. The third-order valence-electron chi connectivity index (χ3n) is 3.72. The van der Waals surface area contributed by atoms with Gasteiger partial charge in [-0.2, -0.15) is 0 Å². The summed E-state index contributed by atoms with van der Waals surface area (Å²) in [5.41, 5.74) is 0.635. The van der Waals surface area contributed by atoms with Crippen LogP contribution < -0.4 is 0 Å². The lowest BCUT2D eigenvalue weighted by Crippen LogP contribution is -2.41. The van der Waals surface area contributed by atoms with Gasteiger partial charge in [-0.1, -0.05) is 0 Å². The zero-order chi connectivity index (χ0) is 14.5. The van der Waals surface area contributed by atoms with Crippen LogP contribution in [0.15, 0.2) is 18.3 Å². The Hall–Kier alpha value is -1.82. The van der Waals surface area contributed by atoms with Crippen molar-refractivity contribution in [3.8, 4) is 0 Å². The van der Waals surface area contributed by atoms with E-state index in [1.54, 1.807) is 18.1 Å². The van der Waals surface area contributed by atoms with Gasteiger partial charge in [-0.25, -0.2) is 0 Å². The minimum Gasteiger partial charge on any atom is -0.481 e. The summed E-state index contributed by atoms with van der Waals surface area (Å²) in [5, 5.41) is 8.97. The lowest BCUT2D eigenvalue weighted by atomic mass is 9.97. The van der Waals surface area contributed by atoms with Crippen LogP contribution in [0.3, 0.4) is 0 Å². The van der Waals surface area contributed by atoms with Crippen LogP contribution in [0.1, 0.15) is 23.3 Å². The average molecular weight is 280 g/mol. The number of carboxylic acids is 1. The number of aromatic nitrogens is 1. The third kappa shape index (κ3) is 3.19. The van der Waals surface area contributed by atoms with E-state index >= 15 is 0 Å². The number of likely N-dealkylation sites (tertiary alicyclic amines) is 1. The van der Waals surface area contributed by atoms with Gasteiger partial charge in [0.1, 0.15) is 5.69 Å². The van der Waals surface area contributed by atoms with Crippen molar-refractivity contribution in [3.05, 3.63) is 24.0 Å². The van der Waals surface area contributed by atoms with Gasteiger partial charge in [-0.15, -0.1) is 0 Å². The van der Waals surface area contributed by atoms with Gasteiger partial charge in [-0.3, -0.25) is 9.59 Å². The number of methoxy groups -OCH3 is 1. The highest BCUT2D eigenvalue weighted by molar-refractivity contribution is 5.93. The molecular formula is C14H20N2O4. The minimum absolute atomic E-state index is 0.0325. The lowest BCUT2D eigenvalue weighted by Gasteiger charge is -2.30. The number of rotatable bonds is 5. The summed E-state index contributed by atoms with van der Waals surface area (Å²) in [6.45, 7) is 2.20. The van der Waals surface area contributed by atoms with Gasteiger partial charge in [-0.05, 0) is 25.0 Å². The van der Waals surface area contributed by atoms with Crippen LogP contribution in [0.25, 0.3) is 0 Å². The molecule has 0 unspecified atom stereocenters. The smallest absolute Gasteiger partial charge is 0.306 e. The van der Waals surface area contributed by atoms with Crippen molar-refractivity contribution in [1.82, 2.24) is 9.47 Å². The number of piperidine rings is 1. The molecule has 1 aromatic rings. The first-order chi connectivity index (χ1) is 9.63. The molecule has 1 aliphatic heterocycles. The number of hydrogen-bond acceptors (Lipinski definition) is 3. The second-order valence-electron chi connectivity index (χ2n) is 4.98. The van der Waals surface area contributed by atoms with Gasteiger partial charge >= 0.3 is 5.97 Å². The van der Waals surface area contributed by atoms with Gasteiger partial charge in [0.2, 0.25) is 0 Å². The molecule has 0 saturated carbocycles. The summed E-state index contributed by atoms with van der Waals surface area (Å²) in [5.74, 6) is -1.12. The molecule has 1 N–H and O–H groups in total. The van der Waals surface area contributed by atoms with Gasteiger partial charge < -0.3 is 19.3 Å². The topological polar surface area (TPSA) is 71.8 Å². The van der Waals surface area contributed by atoms with E-state index in [2.05, 4.69) is 0 Å². The van der Waals surface area contributed by atoms with E-state index < -0.39 is 5.97 Å². The van der Waals surface area contributed by atoms with Crippen LogP contribution in [-0.4, -0.2) is 53.3 Å². The summed E-state index contributed by atoms with van der Waals surface area (Å²) in [4.78, 5) is 25.1. The third-order valence-corrected chi connectivity index (χ3v) is 3.72. The summed E-state index contributed by atoms with van der Waals surface area (Å²) in [6, 6.07) is 3.63. The van der Waals surface area contributed by atoms with Crippen molar-refractivity contribution in [2.24, 2.45) is 5.92 Å². The first kappa shape index (κ1) is 14.6. The molecule has 1 saturated heterocycles. The lowest BCUT2D eigenvalue weighted by molar-refractivity contribution is -0.143. The van der Waals surface area contributed by atoms with Crippen LogP contribution >= 0.6 is 0 Å². The van der Waals surface area contributed by atoms with E-state index in [0.717, 1.165) is 0 Å². The molecule has 0 spiro atoms. The van der Waals surface area contributed by atoms with Crippen LogP contribution in [0, 0.1) is 5.92 Å². The maximum absolute atomic E-state index is 12.4. The Bertz CT molecular complexity index is 475. The number of carbonyl (C=O) groups excluding carboxylic acids is 1. The first-order valence-corrected chi connectivity index (χ1v) is 6.79. The summed E-state index contributed by atoms with van der Waals surface area (Å²) >= 11 is 0. The molecule has 0 atom stereocenters. The van der Waals surface area contributed by atoms with Gasteiger partial charge in [0, 0.05) is 32.9 Å². The minimum atomic E-state index is -0.763. The molecule has 1 amide bonds. The van der Waals surface area contributed by atoms with Crippen molar-refractivity contribution in [2.45, 2.75) is 19.4 Å². The van der Waals surface area contributed by atoms with Crippen LogP contribution in [0.5, 0.6) is 0 Å². The van der Waals surface area contributed by atoms with E-state index in [1.165, 1.54) is 0 Å². The molecule has 6 heteroatoms. The standard InChI is InChI=1S/C14H20N2O4/c1-20-10-9-15-6-2-3-12(15)13(17)16-7-4-11(5-8-16)14(18)19/h2-3,6,11H,4-5,7-10H2,1H3,(H,18,19). The number of carbonyl (C=O) groups is 2. The fourth-order valence-corrected chi connectivity index (χ4v) is 2.48. The van der Waals surface area contributed by atoms with Crippen molar-refractivity contribution in [2.75, 3.05) is 26.8 Å². The van der Waals surface area contributed by atoms with Crippen molar-refractivity contribution in [1.29, 1.82) is 0 Å². The highest BCUT2D eigenvalue weighted by Gasteiger charge is 2.28. The largest absolute Gasteiger partial charge is 0.481 e. The Morgan fingerprint density at radius 3 is 2.70 bits per heavy atom. The molecule has 20 heavy (non-hydrogen) atoms. The molecule has 1 aliphatic rings. The highest BCUT2D eigenvalue weighted by atomic mass is 16.5. The Balaban J connectivity index is 1.98. The normalized spacial score (nSPS) is 16.4. The molecule has 0 bridgehead atoms.